The number of hydrogen-bond donors (Lipinski definition) is 0. The Hall–Kier alpha value is -1.80. The normalized spacial score (nSPS) is 10.6. The smallest absolute Gasteiger partial charge is 0.338 e. The molecule has 0 spiro atoms. The number of carbonyl (C=O) groups is 1. The Morgan fingerprint density at radius 1 is 1.04 bits per heavy atom. The predicted molar refractivity (Wildman–Crippen MR) is 95.3 cm³/mol. The molecule has 0 atom stereocenters. The van der Waals surface area contributed by atoms with Crippen LogP contribution in [0.3, 0.4) is 0 Å². The summed E-state index contributed by atoms with van der Waals surface area (Å²) in [4.78, 5) is 12.3. The van der Waals surface area contributed by atoms with Crippen LogP contribution in [-0.4, -0.2) is 12.6 Å². The van der Waals surface area contributed by atoms with Crippen molar-refractivity contribution in [3.05, 3.63) is 69.7 Å². The van der Waals surface area contributed by atoms with Crippen LogP contribution in [0.25, 0.3) is 0 Å². The van der Waals surface area contributed by atoms with Gasteiger partial charge in [0.15, 0.2) is 0 Å². The average molecular weight is 331 g/mol. The Balaban J connectivity index is 2.43. The van der Waals surface area contributed by atoms with Crippen LogP contribution in [0.2, 0.25) is 5.02 Å². The lowest BCUT2D eigenvalue weighted by Crippen LogP contribution is -2.11. The number of esters is 1. The molecule has 0 radical (unpaired) electrons. The van der Waals surface area contributed by atoms with Gasteiger partial charge in [0.05, 0.1) is 12.2 Å². The van der Waals surface area contributed by atoms with Crippen molar-refractivity contribution in [1.29, 1.82) is 0 Å². The molecule has 0 saturated carbocycles. The summed E-state index contributed by atoms with van der Waals surface area (Å²) in [5.41, 5.74) is 3.92. The second-order valence-electron chi connectivity index (χ2n) is 5.54. The fourth-order valence-electron chi connectivity index (χ4n) is 2.68. The van der Waals surface area contributed by atoms with E-state index in [9.17, 15) is 4.79 Å². The van der Waals surface area contributed by atoms with Gasteiger partial charge >= 0.3 is 5.97 Å². The lowest BCUT2D eigenvalue weighted by Gasteiger charge is -2.15. The monoisotopic (exact) mass is 330 g/mol. The summed E-state index contributed by atoms with van der Waals surface area (Å²) in [6, 6.07) is 13.7. The van der Waals surface area contributed by atoms with E-state index in [4.69, 9.17) is 16.3 Å². The van der Waals surface area contributed by atoms with E-state index in [-0.39, 0.29) is 5.97 Å². The minimum atomic E-state index is -0.257. The van der Waals surface area contributed by atoms with Gasteiger partial charge in [-0.2, -0.15) is 0 Å². The highest BCUT2D eigenvalue weighted by molar-refractivity contribution is 6.31. The maximum Gasteiger partial charge on any atom is 0.338 e. The summed E-state index contributed by atoms with van der Waals surface area (Å²) in [6.45, 7) is 4.37. The first kappa shape index (κ1) is 17.6. The SMILES string of the molecule is CCCCc1cccc(C(=O)OCC)c1Cc1ccccc1Cl. The molecule has 2 rings (SSSR count). The average Bonchev–Trinajstić information content (AvgIpc) is 2.56. The molecule has 0 fully saturated rings. The maximum absolute atomic E-state index is 12.3. The Kier molecular flexibility index (Phi) is 6.66. The number of halogens is 1. The topological polar surface area (TPSA) is 26.3 Å². The van der Waals surface area contributed by atoms with Gasteiger partial charge in [-0.25, -0.2) is 4.79 Å². The van der Waals surface area contributed by atoms with Gasteiger partial charge in [0, 0.05) is 11.4 Å². The van der Waals surface area contributed by atoms with Crippen molar-refractivity contribution in [3.63, 3.8) is 0 Å². The molecule has 0 bridgehead atoms. The molecule has 2 aromatic rings. The standard InChI is InChI=1S/C20H23ClO2/c1-3-5-9-15-11-8-12-17(20(22)23-4-2)18(15)14-16-10-6-7-13-19(16)21/h6-8,10-13H,3-5,9,14H2,1-2H3. The largest absolute Gasteiger partial charge is 0.462 e. The van der Waals surface area contributed by atoms with Crippen LogP contribution in [-0.2, 0) is 17.6 Å². The molecule has 0 aliphatic rings. The molecule has 23 heavy (non-hydrogen) atoms. The zero-order valence-corrected chi connectivity index (χ0v) is 14.5. The number of ether oxygens (including phenoxy) is 1. The van der Waals surface area contributed by atoms with Crippen molar-refractivity contribution in [2.45, 2.75) is 39.5 Å². The Morgan fingerprint density at radius 3 is 2.48 bits per heavy atom. The van der Waals surface area contributed by atoms with E-state index >= 15 is 0 Å². The summed E-state index contributed by atoms with van der Waals surface area (Å²) in [6.07, 6.45) is 3.83. The lowest BCUT2D eigenvalue weighted by atomic mass is 9.92. The van der Waals surface area contributed by atoms with Crippen LogP contribution in [0.4, 0.5) is 0 Å². The molecule has 2 aromatic carbocycles. The fraction of sp³-hybridized carbons (Fsp3) is 0.350. The van der Waals surface area contributed by atoms with Crippen molar-refractivity contribution in [1.82, 2.24) is 0 Å². The van der Waals surface area contributed by atoms with E-state index < -0.39 is 0 Å². The fourth-order valence-corrected chi connectivity index (χ4v) is 2.88. The van der Waals surface area contributed by atoms with Crippen molar-refractivity contribution >= 4 is 17.6 Å². The third-order valence-corrected chi connectivity index (χ3v) is 4.26. The molecule has 2 nitrogen and oxygen atoms in total. The molecule has 0 aromatic heterocycles. The first-order chi connectivity index (χ1) is 11.2. The molecular weight excluding hydrogens is 308 g/mol. The van der Waals surface area contributed by atoms with Crippen molar-refractivity contribution < 1.29 is 9.53 Å². The minimum absolute atomic E-state index is 0.257. The lowest BCUT2D eigenvalue weighted by molar-refractivity contribution is 0.0525. The van der Waals surface area contributed by atoms with Gasteiger partial charge in [0.25, 0.3) is 0 Å². The van der Waals surface area contributed by atoms with E-state index in [0.717, 1.165) is 35.4 Å². The zero-order chi connectivity index (χ0) is 16.7. The molecule has 122 valence electrons. The second kappa shape index (κ2) is 8.73. The summed E-state index contributed by atoms with van der Waals surface area (Å²) in [5.74, 6) is -0.257. The number of benzene rings is 2. The van der Waals surface area contributed by atoms with E-state index in [1.54, 1.807) is 0 Å². The van der Waals surface area contributed by atoms with Crippen LogP contribution in [0.1, 0.15) is 53.7 Å². The summed E-state index contributed by atoms with van der Waals surface area (Å²) in [5, 5.41) is 0.729. The highest BCUT2D eigenvalue weighted by Crippen LogP contribution is 2.25. The number of unbranched alkanes of at least 4 members (excludes halogenated alkanes) is 1. The molecule has 0 aliphatic carbocycles. The van der Waals surface area contributed by atoms with E-state index in [1.165, 1.54) is 5.56 Å². The number of carbonyl (C=O) groups excluding carboxylic acids is 1. The Morgan fingerprint density at radius 2 is 1.78 bits per heavy atom. The number of rotatable bonds is 7. The summed E-state index contributed by atoms with van der Waals surface area (Å²) in [7, 11) is 0. The summed E-state index contributed by atoms with van der Waals surface area (Å²) >= 11 is 6.31. The first-order valence-electron chi connectivity index (χ1n) is 8.18. The minimum Gasteiger partial charge on any atom is -0.462 e. The zero-order valence-electron chi connectivity index (χ0n) is 13.8. The van der Waals surface area contributed by atoms with Gasteiger partial charge in [-0.05, 0) is 48.6 Å². The molecular formula is C20H23ClO2. The molecule has 0 saturated heterocycles. The quantitative estimate of drug-likeness (QED) is 0.631. The molecule has 0 heterocycles. The number of aryl methyl sites for hydroxylation is 1. The van der Waals surface area contributed by atoms with Crippen LogP contribution in [0, 0.1) is 0 Å². The third-order valence-electron chi connectivity index (χ3n) is 3.89. The highest BCUT2D eigenvalue weighted by Gasteiger charge is 2.17. The summed E-state index contributed by atoms with van der Waals surface area (Å²) < 4.78 is 5.22. The van der Waals surface area contributed by atoms with Crippen LogP contribution in [0.5, 0.6) is 0 Å². The first-order valence-corrected chi connectivity index (χ1v) is 8.56. The van der Waals surface area contributed by atoms with Gasteiger partial charge in [-0.3, -0.25) is 0 Å². The van der Waals surface area contributed by atoms with Gasteiger partial charge in [-0.15, -0.1) is 0 Å². The third kappa shape index (κ3) is 4.59. The highest BCUT2D eigenvalue weighted by atomic mass is 35.5. The van der Waals surface area contributed by atoms with Crippen molar-refractivity contribution in [2.24, 2.45) is 0 Å². The van der Waals surface area contributed by atoms with E-state index in [2.05, 4.69) is 13.0 Å². The van der Waals surface area contributed by atoms with E-state index in [1.807, 2.05) is 43.3 Å². The number of hydrogen-bond acceptors (Lipinski definition) is 2. The van der Waals surface area contributed by atoms with Crippen molar-refractivity contribution in [2.75, 3.05) is 6.61 Å². The van der Waals surface area contributed by atoms with Crippen molar-refractivity contribution in [3.8, 4) is 0 Å². The van der Waals surface area contributed by atoms with Gasteiger partial charge < -0.3 is 4.74 Å². The molecule has 0 unspecified atom stereocenters. The Bertz CT molecular complexity index is 664. The van der Waals surface area contributed by atoms with Gasteiger partial charge in [0.2, 0.25) is 0 Å². The predicted octanol–water partition coefficient (Wildman–Crippen LogP) is 5.45. The van der Waals surface area contributed by atoms with E-state index in [0.29, 0.717) is 18.6 Å². The molecule has 0 N–H and O–H groups in total. The second-order valence-corrected chi connectivity index (χ2v) is 5.94. The van der Waals surface area contributed by atoms with Gasteiger partial charge in [0.1, 0.15) is 0 Å². The van der Waals surface area contributed by atoms with Crippen LogP contribution in [0.15, 0.2) is 42.5 Å². The van der Waals surface area contributed by atoms with Crippen LogP contribution < -0.4 is 0 Å². The van der Waals surface area contributed by atoms with Gasteiger partial charge in [-0.1, -0.05) is 55.3 Å². The molecule has 0 amide bonds. The maximum atomic E-state index is 12.3. The van der Waals surface area contributed by atoms with Crippen LogP contribution >= 0.6 is 11.6 Å². The molecule has 3 heteroatoms. The Labute approximate surface area is 143 Å². The molecule has 0 aliphatic heterocycles.